The van der Waals surface area contributed by atoms with E-state index in [0.717, 1.165) is 27.9 Å². The van der Waals surface area contributed by atoms with Crippen molar-refractivity contribution < 1.29 is 52.1 Å². The molecule has 0 saturated carbocycles. The van der Waals surface area contributed by atoms with E-state index in [0.29, 0.717) is 12.4 Å². The number of hydrogen-bond donors (Lipinski definition) is 1. The normalized spacial score (nSPS) is 16.4. The maximum absolute atomic E-state index is 12.0. The Morgan fingerprint density at radius 2 is 2.20 bits per heavy atom. The van der Waals surface area contributed by atoms with E-state index in [1.165, 1.54) is 4.90 Å². The third-order valence-corrected chi connectivity index (χ3v) is 4.05. The summed E-state index contributed by atoms with van der Waals surface area (Å²) >= 11 is 0. The minimum absolute atomic E-state index is 0. The summed E-state index contributed by atoms with van der Waals surface area (Å²) in [6.45, 7) is 4.02. The molecule has 25 heavy (non-hydrogen) atoms. The molecule has 1 aliphatic heterocycles. The number of aryl methyl sites for hydroxylation is 2. The second-order valence-corrected chi connectivity index (χ2v) is 5.73. The minimum Gasteiger partial charge on any atom is -0.481 e. The molecule has 2 aromatic rings. The van der Waals surface area contributed by atoms with Crippen LogP contribution in [0.4, 0.5) is 10.5 Å². The van der Waals surface area contributed by atoms with Gasteiger partial charge in [0.15, 0.2) is 0 Å². The predicted molar refractivity (Wildman–Crippen MR) is 89.2 cm³/mol. The van der Waals surface area contributed by atoms with Crippen LogP contribution in [0.3, 0.4) is 0 Å². The average Bonchev–Trinajstić information content (AvgIpc) is 2.97. The molecule has 126 valence electrons. The van der Waals surface area contributed by atoms with Crippen molar-refractivity contribution in [2.24, 2.45) is 0 Å². The fraction of sp³-hybridized carbons (Fsp3) is 0.333. The van der Waals surface area contributed by atoms with Gasteiger partial charge in [0.1, 0.15) is 6.10 Å². The Kier molecular flexibility index (Phi) is 6.55. The minimum atomic E-state index is -0.484. The molecular weight excluding hydrogens is 397 g/mol. The molecule has 6 nitrogen and oxygen atoms in total. The quantitative estimate of drug-likeness (QED) is 0.776. The SMILES string of the molecule is COc1ccc(-c2[c-]c(C)c(N3CC(CO)OC3=O)cc2C)cn1.[Y+3]. The first-order chi connectivity index (χ1) is 11.5. The van der Waals surface area contributed by atoms with Crippen LogP contribution in [0.25, 0.3) is 11.1 Å². The van der Waals surface area contributed by atoms with E-state index >= 15 is 0 Å². The third-order valence-electron chi connectivity index (χ3n) is 4.05. The fourth-order valence-corrected chi connectivity index (χ4v) is 2.78. The fourth-order valence-electron chi connectivity index (χ4n) is 2.78. The topological polar surface area (TPSA) is 71.9 Å². The van der Waals surface area contributed by atoms with Gasteiger partial charge in [-0.1, -0.05) is 25.5 Å². The molecule has 1 amide bonds. The van der Waals surface area contributed by atoms with Crippen molar-refractivity contribution >= 4 is 11.8 Å². The van der Waals surface area contributed by atoms with Gasteiger partial charge in [-0.15, -0.1) is 28.8 Å². The van der Waals surface area contributed by atoms with E-state index in [1.807, 2.05) is 26.0 Å². The van der Waals surface area contributed by atoms with E-state index in [4.69, 9.17) is 9.47 Å². The van der Waals surface area contributed by atoms with E-state index < -0.39 is 12.2 Å². The number of nitrogens with zero attached hydrogens (tertiary/aromatic N) is 2. The van der Waals surface area contributed by atoms with Gasteiger partial charge < -0.3 is 19.5 Å². The summed E-state index contributed by atoms with van der Waals surface area (Å²) in [6.07, 6.45) is 0.814. The molecule has 7 heteroatoms. The molecule has 0 bridgehead atoms. The summed E-state index contributed by atoms with van der Waals surface area (Å²) in [7, 11) is 1.58. The number of cyclic esters (lactones) is 1. The van der Waals surface area contributed by atoms with Gasteiger partial charge in [0.05, 0.1) is 20.3 Å². The largest absolute Gasteiger partial charge is 3.00 e. The average molecular weight is 416 g/mol. The van der Waals surface area contributed by atoms with Crippen molar-refractivity contribution in [3.8, 4) is 17.0 Å². The molecule has 1 aliphatic rings. The molecule has 1 saturated heterocycles. The predicted octanol–water partition coefficient (Wildman–Crippen LogP) is 2.49. The van der Waals surface area contributed by atoms with E-state index in [1.54, 1.807) is 19.4 Å². The Hall–Kier alpha value is -1.50. The number of ether oxygens (including phenoxy) is 2. The number of amides is 1. The number of anilines is 1. The number of hydrogen-bond acceptors (Lipinski definition) is 5. The zero-order chi connectivity index (χ0) is 17.3. The summed E-state index contributed by atoms with van der Waals surface area (Å²) in [5.41, 5.74) is 4.42. The molecule has 1 fully saturated rings. The number of carbonyl (C=O) groups excluding carboxylic acids is 1. The van der Waals surface area contributed by atoms with Crippen LogP contribution in [0, 0.1) is 19.9 Å². The maximum atomic E-state index is 12.0. The second kappa shape index (κ2) is 8.26. The van der Waals surface area contributed by atoms with Gasteiger partial charge >= 0.3 is 38.8 Å². The monoisotopic (exact) mass is 416 g/mol. The zero-order valence-corrected chi connectivity index (χ0v) is 17.3. The van der Waals surface area contributed by atoms with Crippen LogP contribution in [0.1, 0.15) is 11.1 Å². The van der Waals surface area contributed by atoms with Gasteiger partial charge in [0.2, 0.25) is 5.88 Å². The molecule has 0 spiro atoms. The van der Waals surface area contributed by atoms with Gasteiger partial charge in [-0.25, -0.2) is 9.78 Å². The van der Waals surface area contributed by atoms with Crippen LogP contribution in [0.15, 0.2) is 24.4 Å². The van der Waals surface area contributed by atoms with Gasteiger partial charge in [0.25, 0.3) is 0 Å². The first-order valence-electron chi connectivity index (χ1n) is 7.66. The summed E-state index contributed by atoms with van der Waals surface area (Å²) in [5.74, 6) is 0.555. The molecule has 1 atom stereocenters. The number of pyridine rings is 1. The number of carbonyl (C=O) groups is 1. The Morgan fingerprint density at radius 3 is 2.76 bits per heavy atom. The van der Waals surface area contributed by atoms with E-state index in [2.05, 4.69) is 11.1 Å². The standard InChI is InChI=1S/C18H19N2O4.Y/c1-11-7-16(20-9-14(10-21)24-18(20)22)12(2)6-15(11)13-4-5-17(23-3)19-8-13;/h4-5,7-8,14,21H,9-10H2,1-3H3;/q-1;+3. The number of methoxy groups -OCH3 is 1. The molecule has 1 N–H and O–H groups in total. The molecule has 1 aromatic heterocycles. The van der Waals surface area contributed by atoms with Gasteiger partial charge in [-0.3, -0.25) is 0 Å². The van der Waals surface area contributed by atoms with Gasteiger partial charge in [0, 0.05) is 0 Å². The molecule has 3 rings (SSSR count). The molecule has 0 radical (unpaired) electrons. The van der Waals surface area contributed by atoms with Crippen molar-refractivity contribution in [1.29, 1.82) is 0 Å². The summed E-state index contributed by atoms with van der Waals surface area (Å²) in [5, 5.41) is 9.18. The van der Waals surface area contributed by atoms with Crippen molar-refractivity contribution in [2.75, 3.05) is 25.2 Å². The molecule has 1 unspecified atom stereocenters. The van der Waals surface area contributed by atoms with E-state index in [-0.39, 0.29) is 39.3 Å². The summed E-state index contributed by atoms with van der Waals surface area (Å²) in [4.78, 5) is 17.7. The number of aromatic nitrogens is 1. The van der Waals surface area contributed by atoms with Gasteiger partial charge in [-0.05, 0) is 18.0 Å². The number of benzene rings is 1. The van der Waals surface area contributed by atoms with E-state index in [9.17, 15) is 9.90 Å². The number of aliphatic hydroxyl groups excluding tert-OH is 1. The van der Waals surface area contributed by atoms with Crippen molar-refractivity contribution in [3.05, 3.63) is 41.6 Å². The van der Waals surface area contributed by atoms with Crippen LogP contribution < -0.4 is 9.64 Å². The third kappa shape index (κ3) is 4.02. The maximum Gasteiger partial charge on any atom is 3.00 e. The van der Waals surface area contributed by atoms with Crippen LogP contribution in [-0.4, -0.2) is 42.5 Å². The van der Waals surface area contributed by atoms with Crippen LogP contribution in [-0.2, 0) is 37.4 Å². The Balaban J connectivity index is 0.00000225. The van der Waals surface area contributed by atoms with Crippen molar-refractivity contribution in [2.45, 2.75) is 20.0 Å². The van der Waals surface area contributed by atoms with Crippen molar-refractivity contribution in [3.63, 3.8) is 0 Å². The Bertz CT molecular complexity index is 764. The number of aliphatic hydroxyl groups is 1. The summed E-state index contributed by atoms with van der Waals surface area (Å²) in [6, 6.07) is 9.00. The Labute approximate surface area is 172 Å². The molecule has 2 heterocycles. The zero-order valence-electron chi connectivity index (χ0n) is 14.4. The number of rotatable bonds is 4. The van der Waals surface area contributed by atoms with Crippen LogP contribution in [0.2, 0.25) is 0 Å². The van der Waals surface area contributed by atoms with Crippen LogP contribution in [0.5, 0.6) is 5.88 Å². The molecule has 0 aliphatic carbocycles. The molecule has 1 aromatic carbocycles. The first-order valence-corrected chi connectivity index (χ1v) is 7.66. The van der Waals surface area contributed by atoms with Crippen molar-refractivity contribution in [1.82, 2.24) is 4.98 Å². The van der Waals surface area contributed by atoms with Crippen LogP contribution >= 0.6 is 0 Å². The van der Waals surface area contributed by atoms with Gasteiger partial charge in [-0.2, -0.15) is 0 Å². The second-order valence-electron chi connectivity index (χ2n) is 5.73. The Morgan fingerprint density at radius 1 is 1.44 bits per heavy atom. The summed E-state index contributed by atoms with van der Waals surface area (Å²) < 4.78 is 10.2. The first kappa shape index (κ1) is 19.8. The molecular formula is C18H19N2O4Y+2. The smallest absolute Gasteiger partial charge is 0.481 e.